The van der Waals surface area contributed by atoms with Gasteiger partial charge in [0.25, 0.3) is 5.91 Å². The van der Waals surface area contributed by atoms with Gasteiger partial charge in [0.1, 0.15) is 0 Å². The van der Waals surface area contributed by atoms with E-state index in [2.05, 4.69) is 33.2 Å². The van der Waals surface area contributed by atoms with Crippen LogP contribution in [0.2, 0.25) is 5.02 Å². The Kier molecular flexibility index (Phi) is 5.03. The Morgan fingerprint density at radius 3 is 2.33 bits per heavy atom. The highest BCUT2D eigenvalue weighted by Gasteiger charge is 2.08. The molecule has 3 amide bonds. The molecule has 2 aromatic carbocycles. The van der Waals surface area contributed by atoms with E-state index < -0.39 is 6.03 Å². The maximum Gasteiger partial charge on any atom is 0.316 e. The highest BCUT2D eigenvalue weighted by Crippen LogP contribution is 2.21. The van der Waals surface area contributed by atoms with Crippen molar-refractivity contribution in [2.45, 2.75) is 0 Å². The van der Waals surface area contributed by atoms with Gasteiger partial charge in [0.05, 0.1) is 5.02 Å². The predicted molar refractivity (Wildman–Crippen MR) is 91.8 cm³/mol. The lowest BCUT2D eigenvalue weighted by molar-refractivity contribution is 0.102. The van der Waals surface area contributed by atoms with Crippen molar-refractivity contribution in [2.75, 3.05) is 10.6 Å². The largest absolute Gasteiger partial charge is 0.351 e. The fourth-order valence-electron chi connectivity index (χ4n) is 1.66. The number of carbonyl (C=O) groups excluding carboxylic acids is 2. The first-order valence-electron chi connectivity index (χ1n) is 5.88. The van der Waals surface area contributed by atoms with Crippen molar-refractivity contribution in [1.29, 1.82) is 0 Å². The van der Waals surface area contributed by atoms with Crippen molar-refractivity contribution in [1.82, 2.24) is 0 Å². The number of benzene rings is 2. The standard InChI is InChI=1S/C14H11ClIN3O2/c15-11-6-8(4-5-12(11)16)13(20)18-9-2-1-3-10(7-9)19-14(17)21/h1-7H,(H,18,20)(H3,17,19,21). The zero-order valence-electron chi connectivity index (χ0n) is 10.7. The molecule has 0 saturated heterocycles. The van der Waals surface area contributed by atoms with Gasteiger partial charge in [-0.2, -0.15) is 0 Å². The summed E-state index contributed by atoms with van der Waals surface area (Å²) in [5, 5.41) is 5.69. The van der Waals surface area contributed by atoms with Crippen LogP contribution in [0.3, 0.4) is 0 Å². The summed E-state index contributed by atoms with van der Waals surface area (Å²) in [4.78, 5) is 22.9. The van der Waals surface area contributed by atoms with Crippen molar-refractivity contribution in [3.8, 4) is 0 Å². The quantitative estimate of drug-likeness (QED) is 0.668. The molecule has 0 aliphatic rings. The molecule has 0 spiro atoms. The Morgan fingerprint density at radius 2 is 1.71 bits per heavy atom. The molecule has 5 nitrogen and oxygen atoms in total. The van der Waals surface area contributed by atoms with Crippen LogP contribution in [-0.2, 0) is 0 Å². The van der Waals surface area contributed by atoms with Gasteiger partial charge in [-0.05, 0) is 59.0 Å². The van der Waals surface area contributed by atoms with Crippen LogP contribution >= 0.6 is 34.2 Å². The molecule has 0 atom stereocenters. The SMILES string of the molecule is NC(=O)Nc1cccc(NC(=O)c2ccc(I)c(Cl)c2)c1. The summed E-state index contributed by atoms with van der Waals surface area (Å²) in [6.45, 7) is 0. The van der Waals surface area contributed by atoms with E-state index >= 15 is 0 Å². The van der Waals surface area contributed by atoms with E-state index in [1.807, 2.05) is 0 Å². The third-order valence-corrected chi connectivity index (χ3v) is 4.14. The average Bonchev–Trinajstić information content (AvgIpc) is 2.41. The average molecular weight is 416 g/mol. The maximum atomic E-state index is 12.1. The molecule has 2 rings (SSSR count). The molecule has 4 N–H and O–H groups in total. The minimum absolute atomic E-state index is 0.287. The number of nitrogens with one attached hydrogen (secondary N) is 2. The summed E-state index contributed by atoms with van der Waals surface area (Å²) in [5.41, 5.74) is 6.54. The summed E-state index contributed by atoms with van der Waals surface area (Å²) >= 11 is 8.08. The molecule has 0 aromatic heterocycles. The summed E-state index contributed by atoms with van der Waals surface area (Å²) in [6.07, 6.45) is 0. The highest BCUT2D eigenvalue weighted by molar-refractivity contribution is 14.1. The minimum Gasteiger partial charge on any atom is -0.351 e. The summed E-state index contributed by atoms with van der Waals surface area (Å²) < 4.78 is 0.874. The zero-order valence-corrected chi connectivity index (χ0v) is 13.6. The molecule has 0 unspecified atom stereocenters. The number of hydrogen-bond donors (Lipinski definition) is 3. The van der Waals surface area contributed by atoms with E-state index in [1.54, 1.807) is 42.5 Å². The van der Waals surface area contributed by atoms with Gasteiger partial charge in [0.15, 0.2) is 0 Å². The molecule has 0 radical (unpaired) electrons. The fraction of sp³-hybridized carbons (Fsp3) is 0. The first-order chi connectivity index (χ1) is 9.95. The lowest BCUT2D eigenvalue weighted by Gasteiger charge is -2.08. The molecule has 108 valence electrons. The van der Waals surface area contributed by atoms with Crippen LogP contribution in [0.4, 0.5) is 16.2 Å². The van der Waals surface area contributed by atoms with Crippen LogP contribution < -0.4 is 16.4 Å². The van der Waals surface area contributed by atoms with Gasteiger partial charge < -0.3 is 16.4 Å². The fourth-order valence-corrected chi connectivity index (χ4v) is 2.17. The second-order valence-electron chi connectivity index (χ2n) is 4.15. The van der Waals surface area contributed by atoms with Crippen molar-refractivity contribution in [3.63, 3.8) is 0 Å². The maximum absolute atomic E-state index is 12.1. The highest BCUT2D eigenvalue weighted by atomic mass is 127. The Balaban J connectivity index is 2.15. The first-order valence-corrected chi connectivity index (χ1v) is 7.34. The van der Waals surface area contributed by atoms with Crippen LogP contribution in [0, 0.1) is 3.57 Å². The molecule has 0 aliphatic heterocycles. The Bertz CT molecular complexity index is 706. The smallest absolute Gasteiger partial charge is 0.316 e. The Morgan fingerprint density at radius 1 is 1.05 bits per heavy atom. The number of halogens is 2. The second-order valence-corrected chi connectivity index (χ2v) is 5.72. The van der Waals surface area contributed by atoms with E-state index in [9.17, 15) is 9.59 Å². The molecule has 21 heavy (non-hydrogen) atoms. The van der Waals surface area contributed by atoms with Crippen molar-refractivity contribution >= 4 is 57.5 Å². The number of primary amides is 1. The number of carbonyl (C=O) groups is 2. The van der Waals surface area contributed by atoms with Crippen molar-refractivity contribution < 1.29 is 9.59 Å². The van der Waals surface area contributed by atoms with Crippen LogP contribution in [0.15, 0.2) is 42.5 Å². The Hall–Kier alpha value is -1.80. The third-order valence-electron chi connectivity index (χ3n) is 2.57. The van der Waals surface area contributed by atoms with Crippen LogP contribution in [-0.4, -0.2) is 11.9 Å². The van der Waals surface area contributed by atoms with E-state index in [0.29, 0.717) is 22.0 Å². The van der Waals surface area contributed by atoms with Crippen LogP contribution in [0.25, 0.3) is 0 Å². The summed E-state index contributed by atoms with van der Waals surface area (Å²) in [6, 6.07) is 11.1. The second kappa shape index (κ2) is 6.77. The van der Waals surface area contributed by atoms with Gasteiger partial charge in [0.2, 0.25) is 0 Å². The van der Waals surface area contributed by atoms with Gasteiger partial charge in [-0.1, -0.05) is 17.7 Å². The van der Waals surface area contributed by atoms with Gasteiger partial charge in [-0.25, -0.2) is 4.79 Å². The number of anilines is 2. The van der Waals surface area contributed by atoms with Crippen LogP contribution in [0.5, 0.6) is 0 Å². The number of rotatable bonds is 3. The topological polar surface area (TPSA) is 84.2 Å². The molecule has 0 bridgehead atoms. The lowest BCUT2D eigenvalue weighted by Crippen LogP contribution is -2.19. The molecule has 2 aromatic rings. The first kappa shape index (κ1) is 15.6. The molecule has 0 aliphatic carbocycles. The summed E-state index contributed by atoms with van der Waals surface area (Å²) in [7, 11) is 0. The minimum atomic E-state index is -0.664. The van der Waals surface area contributed by atoms with Gasteiger partial charge in [-0.3, -0.25) is 4.79 Å². The number of hydrogen-bond acceptors (Lipinski definition) is 2. The molecule has 0 heterocycles. The number of urea groups is 1. The molecular weight excluding hydrogens is 405 g/mol. The van der Waals surface area contributed by atoms with E-state index in [0.717, 1.165) is 3.57 Å². The van der Waals surface area contributed by atoms with E-state index in [4.69, 9.17) is 17.3 Å². The number of amides is 3. The van der Waals surface area contributed by atoms with E-state index in [1.165, 1.54) is 0 Å². The van der Waals surface area contributed by atoms with Crippen molar-refractivity contribution in [2.24, 2.45) is 5.73 Å². The van der Waals surface area contributed by atoms with E-state index in [-0.39, 0.29) is 5.91 Å². The lowest BCUT2D eigenvalue weighted by atomic mass is 10.2. The predicted octanol–water partition coefficient (Wildman–Crippen LogP) is 3.69. The monoisotopic (exact) mass is 415 g/mol. The molecule has 7 heteroatoms. The normalized spacial score (nSPS) is 10.0. The molecular formula is C14H11ClIN3O2. The van der Waals surface area contributed by atoms with Crippen molar-refractivity contribution in [3.05, 3.63) is 56.6 Å². The van der Waals surface area contributed by atoms with Crippen LogP contribution in [0.1, 0.15) is 10.4 Å². The van der Waals surface area contributed by atoms with Gasteiger partial charge in [-0.15, -0.1) is 0 Å². The number of nitrogens with two attached hydrogens (primary N) is 1. The Labute approximate surface area is 140 Å². The molecule has 0 saturated carbocycles. The third kappa shape index (κ3) is 4.33. The zero-order chi connectivity index (χ0) is 15.4. The molecule has 0 fully saturated rings. The van der Waals surface area contributed by atoms with Gasteiger partial charge in [0, 0.05) is 20.5 Å². The summed E-state index contributed by atoms with van der Waals surface area (Å²) in [5.74, 6) is -0.287. The van der Waals surface area contributed by atoms with Gasteiger partial charge >= 0.3 is 6.03 Å².